The van der Waals surface area contributed by atoms with Crippen LogP contribution < -0.4 is 11.1 Å². The third-order valence-electron chi connectivity index (χ3n) is 6.73. The Balaban J connectivity index is 1.76. The highest BCUT2D eigenvalue weighted by molar-refractivity contribution is 6.02. The number of fused-ring (bicyclic) bond motifs is 2. The number of pyridine rings is 1. The van der Waals surface area contributed by atoms with E-state index in [1.54, 1.807) is 0 Å². The number of nitrogens with zero attached hydrogens (tertiary/aromatic N) is 1. The summed E-state index contributed by atoms with van der Waals surface area (Å²) in [6.45, 7) is 6.42. The van der Waals surface area contributed by atoms with Gasteiger partial charge in [-0.1, -0.05) is 43.7 Å². The summed E-state index contributed by atoms with van der Waals surface area (Å²) in [5, 5.41) is 3.55. The molecule has 0 unspecified atom stereocenters. The average Bonchev–Trinajstić information content (AvgIpc) is 2.66. The lowest BCUT2D eigenvalue weighted by Crippen LogP contribution is -2.35. The van der Waals surface area contributed by atoms with Crippen molar-refractivity contribution in [3.05, 3.63) is 63.5 Å². The number of Topliss-reactive ketones (excluding diaryl/α,β-unsaturated/α-hetero) is 1. The van der Waals surface area contributed by atoms with Crippen LogP contribution in [0.5, 0.6) is 0 Å². The number of nitrogens with one attached hydrogen (secondary N) is 1. The normalized spacial score (nSPS) is 22.4. The predicted molar refractivity (Wildman–Crippen MR) is 117 cm³/mol. The number of benzene rings is 1. The van der Waals surface area contributed by atoms with Crippen molar-refractivity contribution in [1.29, 1.82) is 0 Å². The van der Waals surface area contributed by atoms with Crippen LogP contribution in [0.4, 0.5) is 11.5 Å². The van der Waals surface area contributed by atoms with Gasteiger partial charge in [-0.2, -0.15) is 0 Å². The molecule has 0 saturated heterocycles. The van der Waals surface area contributed by atoms with Gasteiger partial charge in [0.1, 0.15) is 5.82 Å². The maximum absolute atomic E-state index is 13.3. The zero-order chi connectivity index (χ0) is 20.3. The van der Waals surface area contributed by atoms with Crippen molar-refractivity contribution < 1.29 is 4.79 Å². The first-order chi connectivity index (χ1) is 13.8. The molecule has 4 heteroatoms. The molecule has 0 fully saturated rings. The quantitative estimate of drug-likeness (QED) is 0.718. The lowest BCUT2D eigenvalue weighted by Gasteiger charge is -2.40. The molecule has 0 bridgehead atoms. The topological polar surface area (TPSA) is 68.0 Å². The van der Waals surface area contributed by atoms with Crippen LogP contribution in [-0.4, -0.2) is 10.8 Å². The summed E-state index contributed by atoms with van der Waals surface area (Å²) in [7, 11) is 0. The van der Waals surface area contributed by atoms with Crippen LogP contribution in [0.2, 0.25) is 0 Å². The number of aromatic nitrogens is 1. The van der Waals surface area contributed by atoms with Crippen LogP contribution >= 0.6 is 0 Å². The number of hydrogen-bond acceptors (Lipinski definition) is 4. The van der Waals surface area contributed by atoms with Gasteiger partial charge in [-0.05, 0) is 55.6 Å². The predicted octanol–water partition coefficient (Wildman–Crippen LogP) is 5.05. The number of allylic oxidation sites excluding steroid dienone is 2. The number of anilines is 2. The molecule has 2 aromatic rings. The van der Waals surface area contributed by atoms with Gasteiger partial charge in [0, 0.05) is 40.6 Å². The lowest BCUT2D eigenvalue weighted by atomic mass is 9.68. The van der Waals surface area contributed by atoms with E-state index >= 15 is 0 Å². The van der Waals surface area contributed by atoms with Gasteiger partial charge < -0.3 is 11.1 Å². The molecule has 2 heterocycles. The van der Waals surface area contributed by atoms with Crippen molar-refractivity contribution in [2.24, 2.45) is 5.41 Å². The van der Waals surface area contributed by atoms with E-state index in [1.807, 2.05) is 0 Å². The second-order valence-corrected chi connectivity index (χ2v) is 9.72. The number of nitrogens with two attached hydrogens (primary N) is 1. The summed E-state index contributed by atoms with van der Waals surface area (Å²) in [4.78, 5) is 18.4. The Hall–Kier alpha value is -2.62. The molecule has 3 aliphatic rings. The SMILES string of the molecule is Cc1ccc([C@H]2C3=C(CC(C)(C)CC3=O)Nc3nc4c(c(N)c32)CCCC4)cc1. The summed E-state index contributed by atoms with van der Waals surface area (Å²) in [5.41, 5.74) is 15.2. The molecule has 1 aromatic carbocycles. The van der Waals surface area contributed by atoms with Gasteiger partial charge in [0.25, 0.3) is 0 Å². The maximum atomic E-state index is 13.3. The second-order valence-electron chi connectivity index (χ2n) is 9.72. The van der Waals surface area contributed by atoms with Crippen molar-refractivity contribution in [3.63, 3.8) is 0 Å². The first-order valence-corrected chi connectivity index (χ1v) is 10.7. The number of ketones is 1. The van der Waals surface area contributed by atoms with Crippen molar-refractivity contribution in [1.82, 2.24) is 4.98 Å². The van der Waals surface area contributed by atoms with Gasteiger partial charge in [-0.3, -0.25) is 4.79 Å². The fraction of sp³-hybridized carbons (Fsp3) is 0.440. The summed E-state index contributed by atoms with van der Waals surface area (Å²) in [6.07, 6.45) is 5.72. The van der Waals surface area contributed by atoms with Crippen LogP contribution in [0.1, 0.15) is 73.4 Å². The first-order valence-electron chi connectivity index (χ1n) is 10.7. The van der Waals surface area contributed by atoms with Gasteiger partial charge in [-0.25, -0.2) is 4.98 Å². The highest BCUT2D eigenvalue weighted by Crippen LogP contribution is 2.51. The van der Waals surface area contributed by atoms with Crippen LogP contribution in [0.15, 0.2) is 35.5 Å². The Kier molecular flexibility index (Phi) is 4.09. The molecular weight excluding hydrogens is 358 g/mol. The van der Waals surface area contributed by atoms with E-state index in [-0.39, 0.29) is 17.1 Å². The third kappa shape index (κ3) is 2.97. The molecule has 0 saturated carbocycles. The van der Waals surface area contributed by atoms with Crippen molar-refractivity contribution in [2.45, 2.75) is 65.2 Å². The Labute approximate surface area is 172 Å². The monoisotopic (exact) mass is 387 g/mol. The van der Waals surface area contributed by atoms with Gasteiger partial charge in [0.05, 0.1) is 0 Å². The third-order valence-corrected chi connectivity index (χ3v) is 6.73. The molecule has 4 nitrogen and oxygen atoms in total. The Bertz CT molecular complexity index is 1050. The van der Waals surface area contributed by atoms with Crippen LogP contribution in [0.25, 0.3) is 0 Å². The highest BCUT2D eigenvalue weighted by atomic mass is 16.1. The summed E-state index contributed by atoms with van der Waals surface area (Å²) < 4.78 is 0. The van der Waals surface area contributed by atoms with Crippen LogP contribution in [0, 0.1) is 12.3 Å². The van der Waals surface area contributed by atoms with Gasteiger partial charge >= 0.3 is 0 Å². The minimum Gasteiger partial charge on any atom is -0.398 e. The smallest absolute Gasteiger partial charge is 0.162 e. The Morgan fingerprint density at radius 2 is 1.83 bits per heavy atom. The Morgan fingerprint density at radius 1 is 1.10 bits per heavy atom. The Morgan fingerprint density at radius 3 is 2.59 bits per heavy atom. The van der Waals surface area contributed by atoms with Crippen molar-refractivity contribution in [3.8, 4) is 0 Å². The van der Waals surface area contributed by atoms with E-state index in [0.29, 0.717) is 6.42 Å². The molecular formula is C25H29N3O. The minimum absolute atomic E-state index is 0.0437. The first kappa shape index (κ1) is 18.4. The molecule has 0 radical (unpaired) electrons. The maximum Gasteiger partial charge on any atom is 0.162 e. The molecule has 2 aliphatic carbocycles. The van der Waals surface area contributed by atoms with Gasteiger partial charge in [-0.15, -0.1) is 0 Å². The van der Waals surface area contributed by atoms with E-state index in [9.17, 15) is 4.79 Å². The highest BCUT2D eigenvalue weighted by Gasteiger charge is 2.42. The van der Waals surface area contributed by atoms with E-state index < -0.39 is 0 Å². The number of nitrogen functional groups attached to an aromatic ring is 1. The fourth-order valence-corrected chi connectivity index (χ4v) is 5.34. The molecule has 29 heavy (non-hydrogen) atoms. The second kappa shape index (κ2) is 6.45. The molecule has 1 aromatic heterocycles. The van der Waals surface area contributed by atoms with E-state index in [1.165, 1.54) is 17.5 Å². The number of carbonyl (C=O) groups excluding carboxylic acids is 1. The zero-order valence-electron chi connectivity index (χ0n) is 17.6. The summed E-state index contributed by atoms with van der Waals surface area (Å²) >= 11 is 0. The lowest BCUT2D eigenvalue weighted by molar-refractivity contribution is -0.118. The number of rotatable bonds is 1. The number of aryl methyl sites for hydroxylation is 2. The zero-order valence-corrected chi connectivity index (χ0v) is 17.6. The van der Waals surface area contributed by atoms with Crippen LogP contribution in [-0.2, 0) is 17.6 Å². The fourth-order valence-electron chi connectivity index (χ4n) is 5.34. The molecule has 5 rings (SSSR count). The van der Waals surface area contributed by atoms with E-state index in [2.05, 4.69) is 50.4 Å². The largest absolute Gasteiger partial charge is 0.398 e. The summed E-state index contributed by atoms with van der Waals surface area (Å²) in [6, 6.07) is 8.53. The van der Waals surface area contributed by atoms with E-state index in [0.717, 1.165) is 65.3 Å². The van der Waals surface area contributed by atoms with Crippen molar-refractivity contribution in [2.75, 3.05) is 11.1 Å². The number of carbonyl (C=O) groups is 1. The van der Waals surface area contributed by atoms with Crippen molar-refractivity contribution >= 4 is 17.3 Å². The molecule has 150 valence electrons. The minimum atomic E-state index is -0.134. The van der Waals surface area contributed by atoms with Gasteiger partial charge in [0.15, 0.2) is 5.78 Å². The average molecular weight is 388 g/mol. The summed E-state index contributed by atoms with van der Waals surface area (Å²) in [5.74, 6) is 0.959. The standard InChI is InChI=1S/C25H29N3O/c1-14-8-10-15(11-9-14)20-21-18(12-25(2,3)13-19(21)29)28-24-22(20)23(26)16-6-4-5-7-17(16)27-24/h8-11,20H,4-7,12-13H2,1-3H3,(H3,26,27,28)/t20-/m0/s1. The van der Waals surface area contributed by atoms with E-state index in [4.69, 9.17) is 10.7 Å². The molecule has 0 amide bonds. The molecule has 0 spiro atoms. The molecule has 1 aliphatic heterocycles. The van der Waals surface area contributed by atoms with Gasteiger partial charge in [0.2, 0.25) is 0 Å². The molecule has 3 N–H and O–H groups in total. The molecule has 1 atom stereocenters. The van der Waals surface area contributed by atoms with Crippen LogP contribution in [0.3, 0.4) is 0 Å². The number of hydrogen-bond donors (Lipinski definition) is 2.